The normalized spacial score (nSPS) is 14.1. The van der Waals surface area contributed by atoms with E-state index in [-0.39, 0.29) is 0 Å². The van der Waals surface area contributed by atoms with Crippen LogP contribution in [0.3, 0.4) is 0 Å². The Morgan fingerprint density at radius 1 is 0.824 bits per heavy atom. The van der Waals surface area contributed by atoms with E-state index in [1.807, 2.05) is 13.8 Å². The van der Waals surface area contributed by atoms with Crippen LogP contribution < -0.4 is 0 Å². The molecule has 0 aromatic carbocycles. The Morgan fingerprint density at radius 3 is 1.29 bits per heavy atom. The van der Waals surface area contributed by atoms with Gasteiger partial charge in [-0.3, -0.25) is 0 Å². The molecule has 17 heavy (non-hydrogen) atoms. The van der Waals surface area contributed by atoms with Crippen molar-refractivity contribution in [2.75, 3.05) is 0 Å². The highest BCUT2D eigenvalue weighted by Gasteiger charge is 2.26. The summed E-state index contributed by atoms with van der Waals surface area (Å²) in [6.45, 7) is 24.6. The number of hydrogen-bond donors (Lipinski definition) is 0. The van der Waals surface area contributed by atoms with Crippen molar-refractivity contribution in [3.63, 3.8) is 0 Å². The van der Waals surface area contributed by atoms with E-state index >= 15 is 0 Å². The maximum absolute atomic E-state index is 2.39. The predicted molar refractivity (Wildman–Crippen MR) is 84.6 cm³/mol. The predicted octanol–water partition coefficient (Wildman–Crippen LogP) is 6.79. The van der Waals surface area contributed by atoms with Crippen LogP contribution in [-0.4, -0.2) is 0 Å². The zero-order chi connectivity index (χ0) is 14.6. The second-order valence-electron chi connectivity index (χ2n) is 6.25. The highest BCUT2D eigenvalue weighted by Crippen LogP contribution is 2.36. The van der Waals surface area contributed by atoms with Gasteiger partial charge in [-0.05, 0) is 23.2 Å². The monoisotopic (exact) mass is 244 g/mol. The van der Waals surface area contributed by atoms with Crippen LogP contribution in [0.2, 0.25) is 0 Å². The molecule has 0 heteroatoms. The topological polar surface area (TPSA) is 0 Å². The zero-order valence-corrected chi connectivity index (χ0v) is 14.6. The quantitative estimate of drug-likeness (QED) is 0.510. The van der Waals surface area contributed by atoms with Crippen LogP contribution in [0.5, 0.6) is 0 Å². The summed E-state index contributed by atoms with van der Waals surface area (Å²) in [6.07, 6.45) is 2.60. The molecule has 2 unspecified atom stereocenters. The summed E-state index contributed by atoms with van der Waals surface area (Å²) >= 11 is 0. The Morgan fingerprint density at radius 2 is 1.12 bits per heavy atom. The lowest BCUT2D eigenvalue weighted by atomic mass is 9.71. The van der Waals surface area contributed by atoms with E-state index < -0.39 is 0 Å². The number of hydrogen-bond acceptors (Lipinski definition) is 0. The summed E-state index contributed by atoms with van der Waals surface area (Å²) in [5.41, 5.74) is 0.523. The Bertz CT molecular complexity index is 130. The van der Waals surface area contributed by atoms with E-state index in [1.165, 1.54) is 12.8 Å². The van der Waals surface area contributed by atoms with E-state index in [2.05, 4.69) is 62.3 Å². The Labute approximate surface area is 113 Å². The third-order valence-corrected chi connectivity index (χ3v) is 3.64. The maximum atomic E-state index is 2.39. The molecule has 0 aliphatic carbocycles. The fourth-order valence-corrected chi connectivity index (χ4v) is 1.45. The lowest BCUT2D eigenvalue weighted by Crippen LogP contribution is -2.25. The molecule has 0 aromatic heterocycles. The Hall–Kier alpha value is 0. The van der Waals surface area contributed by atoms with Crippen molar-refractivity contribution in [1.82, 2.24) is 0 Å². The molecule has 0 saturated carbocycles. The molecule has 0 fully saturated rings. The molecular weight excluding hydrogens is 204 g/mol. The van der Waals surface area contributed by atoms with Gasteiger partial charge in [0, 0.05) is 0 Å². The summed E-state index contributed by atoms with van der Waals surface area (Å²) in [6, 6.07) is 0. The SMILES string of the molecule is CC.CC(C)C.CCC(C)C(C)C(C)(C)CC. The van der Waals surface area contributed by atoms with Crippen molar-refractivity contribution < 1.29 is 0 Å². The second kappa shape index (κ2) is 12.5. The molecule has 0 heterocycles. The van der Waals surface area contributed by atoms with Crippen molar-refractivity contribution in [3.8, 4) is 0 Å². The van der Waals surface area contributed by atoms with Gasteiger partial charge in [-0.15, -0.1) is 0 Å². The van der Waals surface area contributed by atoms with Gasteiger partial charge in [0.25, 0.3) is 0 Å². The van der Waals surface area contributed by atoms with Gasteiger partial charge in [0.2, 0.25) is 0 Å². The van der Waals surface area contributed by atoms with Crippen molar-refractivity contribution in [1.29, 1.82) is 0 Å². The molecular formula is C17H40. The molecule has 0 radical (unpaired) electrons. The van der Waals surface area contributed by atoms with Crippen LogP contribution in [-0.2, 0) is 0 Å². The van der Waals surface area contributed by atoms with Gasteiger partial charge in [0.05, 0.1) is 0 Å². The summed E-state index contributed by atoms with van der Waals surface area (Å²) in [5.74, 6) is 2.54. The molecule has 0 saturated heterocycles. The highest BCUT2D eigenvalue weighted by molar-refractivity contribution is 4.76. The first-order valence-corrected chi connectivity index (χ1v) is 7.68. The highest BCUT2D eigenvalue weighted by atomic mass is 14.3. The third kappa shape index (κ3) is 13.9. The largest absolute Gasteiger partial charge is 0.0683 e. The molecule has 0 aliphatic heterocycles. The lowest BCUT2D eigenvalue weighted by Gasteiger charge is -2.34. The van der Waals surface area contributed by atoms with Crippen LogP contribution in [0, 0.1) is 23.2 Å². The fraction of sp³-hybridized carbons (Fsp3) is 1.00. The first-order valence-electron chi connectivity index (χ1n) is 7.68. The van der Waals surface area contributed by atoms with Crippen molar-refractivity contribution in [2.24, 2.45) is 23.2 Å². The van der Waals surface area contributed by atoms with E-state index in [4.69, 9.17) is 0 Å². The molecule has 0 amide bonds. The van der Waals surface area contributed by atoms with Gasteiger partial charge in [-0.25, -0.2) is 0 Å². The van der Waals surface area contributed by atoms with Gasteiger partial charge >= 0.3 is 0 Å². The minimum Gasteiger partial charge on any atom is -0.0683 e. The summed E-state index contributed by atoms with van der Waals surface area (Å²) < 4.78 is 0. The molecule has 0 rings (SSSR count). The first kappa shape index (κ1) is 22.2. The van der Waals surface area contributed by atoms with Crippen LogP contribution in [0.1, 0.15) is 89.0 Å². The fourth-order valence-electron chi connectivity index (χ4n) is 1.45. The molecule has 108 valence electrons. The summed E-state index contributed by atoms with van der Waals surface area (Å²) in [4.78, 5) is 0. The standard InChI is InChI=1S/C11H24.C4H10.C2H6/c1-7-9(3)10(4)11(5,6)8-2;1-4(2)3;1-2/h9-10H,7-8H2,1-6H3;4H,1-3H3;1-2H3. The minimum absolute atomic E-state index is 0.523. The average molecular weight is 245 g/mol. The average Bonchev–Trinajstić information content (AvgIpc) is 2.28. The molecule has 2 atom stereocenters. The maximum Gasteiger partial charge on any atom is -0.0329 e. The molecule has 0 aromatic rings. The Kier molecular flexibility index (Phi) is 16.3. The third-order valence-electron chi connectivity index (χ3n) is 3.64. The molecule has 0 N–H and O–H groups in total. The van der Waals surface area contributed by atoms with Crippen LogP contribution in [0.15, 0.2) is 0 Å². The first-order chi connectivity index (χ1) is 7.68. The number of rotatable bonds is 4. The van der Waals surface area contributed by atoms with E-state index in [0.717, 1.165) is 17.8 Å². The van der Waals surface area contributed by atoms with E-state index in [1.54, 1.807) is 0 Å². The van der Waals surface area contributed by atoms with Crippen LogP contribution >= 0.6 is 0 Å². The summed E-state index contributed by atoms with van der Waals surface area (Å²) in [5, 5.41) is 0. The zero-order valence-electron chi connectivity index (χ0n) is 14.6. The Balaban J connectivity index is -0.000000275. The van der Waals surface area contributed by atoms with Crippen molar-refractivity contribution in [2.45, 2.75) is 89.0 Å². The second-order valence-corrected chi connectivity index (χ2v) is 6.25. The molecule has 0 nitrogen and oxygen atoms in total. The van der Waals surface area contributed by atoms with Crippen molar-refractivity contribution in [3.05, 3.63) is 0 Å². The van der Waals surface area contributed by atoms with Gasteiger partial charge < -0.3 is 0 Å². The van der Waals surface area contributed by atoms with Gasteiger partial charge in [0.15, 0.2) is 0 Å². The van der Waals surface area contributed by atoms with Gasteiger partial charge in [-0.2, -0.15) is 0 Å². The molecule has 0 bridgehead atoms. The van der Waals surface area contributed by atoms with Crippen molar-refractivity contribution >= 4 is 0 Å². The molecule has 0 aliphatic rings. The van der Waals surface area contributed by atoms with Crippen LogP contribution in [0.4, 0.5) is 0 Å². The van der Waals surface area contributed by atoms with E-state index in [9.17, 15) is 0 Å². The molecule has 0 spiro atoms. The van der Waals surface area contributed by atoms with Gasteiger partial charge in [0.1, 0.15) is 0 Å². The van der Waals surface area contributed by atoms with Gasteiger partial charge in [-0.1, -0.05) is 89.0 Å². The lowest BCUT2D eigenvalue weighted by molar-refractivity contribution is 0.156. The van der Waals surface area contributed by atoms with Crippen LogP contribution in [0.25, 0.3) is 0 Å². The summed E-state index contributed by atoms with van der Waals surface area (Å²) in [7, 11) is 0. The smallest absolute Gasteiger partial charge is 0.0329 e. The minimum atomic E-state index is 0.523. The van der Waals surface area contributed by atoms with E-state index in [0.29, 0.717) is 5.41 Å².